The number of nitrogens with zero attached hydrogens (tertiary/aromatic N) is 5. The van der Waals surface area contributed by atoms with Crippen molar-refractivity contribution in [3.05, 3.63) is 57.8 Å². The highest BCUT2D eigenvalue weighted by Gasteiger charge is 2.13. The molecule has 0 amide bonds. The van der Waals surface area contributed by atoms with E-state index in [9.17, 15) is 0 Å². The van der Waals surface area contributed by atoms with E-state index in [1.807, 2.05) is 48.0 Å². The highest BCUT2D eigenvalue weighted by atomic mass is 35.5. The molecule has 4 rings (SSSR count). The van der Waals surface area contributed by atoms with Crippen LogP contribution in [0.15, 0.2) is 45.9 Å². The van der Waals surface area contributed by atoms with Gasteiger partial charge in [0.1, 0.15) is 11.5 Å². The first-order valence-corrected chi connectivity index (χ1v) is 10.2. The maximum absolute atomic E-state index is 5.94. The minimum atomic E-state index is 0.587. The second kappa shape index (κ2) is 8.43. The smallest absolute Gasteiger partial charge is 0.220 e. The van der Waals surface area contributed by atoms with Crippen LogP contribution in [0.2, 0.25) is 5.02 Å². The van der Waals surface area contributed by atoms with Crippen molar-refractivity contribution < 1.29 is 4.42 Å². The number of halogens is 1. The third-order valence-electron chi connectivity index (χ3n) is 4.81. The van der Waals surface area contributed by atoms with Gasteiger partial charge in [-0.3, -0.25) is 4.90 Å². The van der Waals surface area contributed by atoms with Crippen LogP contribution in [0.1, 0.15) is 30.8 Å². The number of aryl methyl sites for hydroxylation is 1. The largest absolute Gasteiger partial charge is 0.455 e. The standard InChI is InChI=1S/C20H22ClN5OS/c1-15-23-25(14-24-11-3-2-4-12-24)20(28)26(15)22-13-18-9-10-19(27-18)16-5-7-17(21)8-6-16/h5-10,13H,2-4,11-12,14H2,1H3. The number of rotatable bonds is 5. The fourth-order valence-corrected chi connectivity index (χ4v) is 3.73. The number of furan rings is 1. The molecule has 3 aromatic rings. The summed E-state index contributed by atoms with van der Waals surface area (Å²) >= 11 is 11.5. The Bertz CT molecular complexity index is 1030. The molecule has 1 aliphatic heterocycles. The van der Waals surface area contributed by atoms with Crippen LogP contribution in [0.4, 0.5) is 0 Å². The molecule has 8 heteroatoms. The molecule has 0 spiro atoms. The first-order chi connectivity index (χ1) is 13.6. The van der Waals surface area contributed by atoms with Gasteiger partial charge in [0.15, 0.2) is 5.82 Å². The summed E-state index contributed by atoms with van der Waals surface area (Å²) in [6, 6.07) is 11.3. The van der Waals surface area contributed by atoms with E-state index >= 15 is 0 Å². The van der Waals surface area contributed by atoms with E-state index in [0.29, 0.717) is 22.2 Å². The van der Waals surface area contributed by atoms with Gasteiger partial charge in [-0.2, -0.15) is 14.9 Å². The Labute approximate surface area is 174 Å². The van der Waals surface area contributed by atoms with Gasteiger partial charge in [-0.05, 0) is 81.5 Å². The van der Waals surface area contributed by atoms with Gasteiger partial charge in [0, 0.05) is 10.6 Å². The van der Waals surface area contributed by atoms with Gasteiger partial charge in [-0.1, -0.05) is 18.0 Å². The molecule has 0 radical (unpaired) electrons. The van der Waals surface area contributed by atoms with Crippen LogP contribution in [0.3, 0.4) is 0 Å². The third kappa shape index (κ3) is 4.27. The van der Waals surface area contributed by atoms with E-state index in [1.165, 1.54) is 19.3 Å². The highest BCUT2D eigenvalue weighted by Crippen LogP contribution is 2.23. The molecule has 0 N–H and O–H groups in total. The molecule has 1 aromatic carbocycles. The number of aromatic nitrogens is 3. The predicted molar refractivity (Wildman–Crippen MR) is 113 cm³/mol. The lowest BCUT2D eigenvalue weighted by molar-refractivity contribution is 0.172. The minimum absolute atomic E-state index is 0.587. The number of hydrogen-bond acceptors (Lipinski definition) is 5. The Morgan fingerprint density at radius 2 is 1.89 bits per heavy atom. The lowest BCUT2D eigenvalue weighted by atomic mass is 10.1. The molecule has 1 saturated heterocycles. The first-order valence-electron chi connectivity index (χ1n) is 9.39. The quantitative estimate of drug-likeness (QED) is 0.436. The van der Waals surface area contributed by atoms with Crippen LogP contribution < -0.4 is 0 Å². The highest BCUT2D eigenvalue weighted by molar-refractivity contribution is 7.71. The topological polar surface area (TPSA) is 51.5 Å². The van der Waals surface area contributed by atoms with Gasteiger partial charge < -0.3 is 4.42 Å². The Morgan fingerprint density at radius 1 is 1.14 bits per heavy atom. The van der Waals surface area contributed by atoms with Crippen molar-refractivity contribution in [2.24, 2.45) is 5.10 Å². The van der Waals surface area contributed by atoms with Gasteiger partial charge in [0.2, 0.25) is 4.77 Å². The summed E-state index contributed by atoms with van der Waals surface area (Å²) in [7, 11) is 0. The molecule has 0 aliphatic carbocycles. The molecule has 3 heterocycles. The van der Waals surface area contributed by atoms with Crippen LogP contribution in [0.25, 0.3) is 11.3 Å². The normalized spacial score (nSPS) is 15.5. The van der Waals surface area contributed by atoms with Crippen molar-refractivity contribution in [1.29, 1.82) is 0 Å². The van der Waals surface area contributed by atoms with Crippen LogP contribution >= 0.6 is 23.8 Å². The lowest BCUT2D eigenvalue weighted by Crippen LogP contribution is -2.32. The summed E-state index contributed by atoms with van der Waals surface area (Å²) in [5.41, 5.74) is 0.964. The Hall–Kier alpha value is -2.22. The molecule has 1 fully saturated rings. The van der Waals surface area contributed by atoms with E-state index in [2.05, 4.69) is 15.1 Å². The molecule has 6 nitrogen and oxygen atoms in total. The van der Waals surface area contributed by atoms with Crippen molar-refractivity contribution in [1.82, 2.24) is 19.4 Å². The molecule has 0 bridgehead atoms. The zero-order valence-corrected chi connectivity index (χ0v) is 17.3. The van der Waals surface area contributed by atoms with Crippen molar-refractivity contribution >= 4 is 30.0 Å². The predicted octanol–water partition coefficient (Wildman–Crippen LogP) is 4.96. The van der Waals surface area contributed by atoms with Gasteiger partial charge >= 0.3 is 0 Å². The van der Waals surface area contributed by atoms with Crippen molar-refractivity contribution in [3.63, 3.8) is 0 Å². The SMILES string of the molecule is Cc1nn(CN2CCCCC2)c(=S)n1N=Cc1ccc(-c2ccc(Cl)cc2)o1. The maximum atomic E-state index is 5.94. The fourth-order valence-electron chi connectivity index (χ4n) is 3.33. The Kier molecular flexibility index (Phi) is 5.75. The molecule has 0 atom stereocenters. The van der Waals surface area contributed by atoms with E-state index in [1.54, 1.807) is 10.9 Å². The fraction of sp³-hybridized carbons (Fsp3) is 0.350. The van der Waals surface area contributed by atoms with Crippen molar-refractivity contribution in [2.75, 3.05) is 13.1 Å². The zero-order chi connectivity index (χ0) is 19.5. The van der Waals surface area contributed by atoms with Crippen molar-refractivity contribution in [2.45, 2.75) is 32.9 Å². The van der Waals surface area contributed by atoms with E-state index < -0.39 is 0 Å². The Balaban J connectivity index is 1.50. The summed E-state index contributed by atoms with van der Waals surface area (Å²) in [6.45, 7) is 4.80. The van der Waals surface area contributed by atoms with Gasteiger partial charge in [-0.25, -0.2) is 4.68 Å². The van der Waals surface area contributed by atoms with Crippen molar-refractivity contribution in [3.8, 4) is 11.3 Å². The van der Waals surface area contributed by atoms with Crippen LogP contribution in [0.5, 0.6) is 0 Å². The average molecular weight is 416 g/mol. The summed E-state index contributed by atoms with van der Waals surface area (Å²) in [5, 5.41) is 9.73. The third-order valence-corrected chi connectivity index (χ3v) is 5.45. The first kappa shape index (κ1) is 19.1. The van der Waals surface area contributed by atoms with Crippen LogP contribution in [0, 0.1) is 11.7 Å². The molecule has 0 saturated carbocycles. The summed E-state index contributed by atoms with van der Waals surface area (Å²) in [4.78, 5) is 2.38. The van der Waals surface area contributed by atoms with E-state index in [4.69, 9.17) is 28.2 Å². The lowest BCUT2D eigenvalue weighted by Gasteiger charge is -2.25. The molecular weight excluding hydrogens is 394 g/mol. The average Bonchev–Trinajstić information content (AvgIpc) is 3.27. The summed E-state index contributed by atoms with van der Waals surface area (Å²) in [5.74, 6) is 2.16. The van der Waals surface area contributed by atoms with E-state index in [-0.39, 0.29) is 0 Å². The molecule has 1 aliphatic rings. The number of benzene rings is 1. The monoisotopic (exact) mass is 415 g/mol. The number of hydrogen-bond donors (Lipinski definition) is 0. The molecular formula is C20H22ClN5OS. The maximum Gasteiger partial charge on any atom is 0.220 e. The number of likely N-dealkylation sites (tertiary alicyclic amines) is 1. The molecule has 0 unspecified atom stereocenters. The van der Waals surface area contributed by atoms with Gasteiger partial charge in [0.25, 0.3) is 0 Å². The second-order valence-electron chi connectivity index (χ2n) is 6.91. The summed E-state index contributed by atoms with van der Waals surface area (Å²) in [6.07, 6.45) is 5.44. The zero-order valence-electron chi connectivity index (χ0n) is 15.7. The minimum Gasteiger partial charge on any atom is -0.455 e. The second-order valence-corrected chi connectivity index (χ2v) is 7.72. The van der Waals surface area contributed by atoms with Gasteiger partial charge in [-0.15, -0.1) is 0 Å². The number of piperidine rings is 1. The molecule has 146 valence electrons. The molecule has 2 aromatic heterocycles. The van der Waals surface area contributed by atoms with Crippen LogP contribution in [-0.2, 0) is 6.67 Å². The summed E-state index contributed by atoms with van der Waals surface area (Å²) < 4.78 is 9.96. The van der Waals surface area contributed by atoms with E-state index in [0.717, 1.165) is 30.2 Å². The Morgan fingerprint density at radius 3 is 2.64 bits per heavy atom. The van der Waals surface area contributed by atoms with Crippen LogP contribution in [-0.4, -0.2) is 38.7 Å². The van der Waals surface area contributed by atoms with Gasteiger partial charge in [0.05, 0.1) is 12.9 Å². The molecule has 28 heavy (non-hydrogen) atoms.